The molecule has 2 rings (SSSR count). The van der Waals surface area contributed by atoms with Crippen LogP contribution in [0.15, 0.2) is 18.5 Å². The Bertz CT molecular complexity index is 547. The summed E-state index contributed by atoms with van der Waals surface area (Å²) in [5, 5.41) is 7.98. The second-order valence-electron chi connectivity index (χ2n) is 5.23. The van der Waals surface area contributed by atoms with Gasteiger partial charge in [0.2, 0.25) is 0 Å². The molecule has 2 heterocycles. The van der Waals surface area contributed by atoms with E-state index < -0.39 is 0 Å². The average molecular weight is 273 g/mol. The highest BCUT2D eigenvalue weighted by Gasteiger charge is 2.16. The van der Waals surface area contributed by atoms with E-state index in [-0.39, 0.29) is 0 Å². The lowest BCUT2D eigenvalue weighted by Gasteiger charge is -2.12. The molecule has 0 radical (unpaired) electrons. The summed E-state index contributed by atoms with van der Waals surface area (Å²) in [4.78, 5) is 8.54. The number of nitrogens with zero attached hydrogens (tertiary/aromatic N) is 4. The van der Waals surface area contributed by atoms with Crippen LogP contribution in [0.25, 0.3) is 5.95 Å². The Morgan fingerprint density at radius 1 is 1.25 bits per heavy atom. The number of hydrogen-bond donors (Lipinski definition) is 1. The molecule has 0 aliphatic carbocycles. The Balaban J connectivity index is 2.21. The number of nitrogens with one attached hydrogen (secondary N) is 1. The zero-order valence-electron chi connectivity index (χ0n) is 12.7. The highest BCUT2D eigenvalue weighted by atomic mass is 15.4. The van der Waals surface area contributed by atoms with Crippen molar-refractivity contribution in [2.45, 2.75) is 34.1 Å². The van der Waals surface area contributed by atoms with Gasteiger partial charge in [-0.25, -0.2) is 14.6 Å². The maximum Gasteiger partial charge on any atom is 0.250 e. The second-order valence-corrected chi connectivity index (χ2v) is 5.23. The fourth-order valence-electron chi connectivity index (χ4n) is 2.38. The maximum absolute atomic E-state index is 4.59. The largest absolute Gasteiger partial charge is 0.317 e. The van der Waals surface area contributed by atoms with E-state index >= 15 is 0 Å². The van der Waals surface area contributed by atoms with Crippen molar-refractivity contribution in [2.24, 2.45) is 5.92 Å². The first-order valence-corrected chi connectivity index (χ1v) is 7.16. The molecule has 1 unspecified atom stereocenters. The quantitative estimate of drug-likeness (QED) is 0.875. The molecule has 0 aliphatic rings. The van der Waals surface area contributed by atoms with Gasteiger partial charge in [-0.1, -0.05) is 13.8 Å². The van der Waals surface area contributed by atoms with Gasteiger partial charge < -0.3 is 5.32 Å². The summed E-state index contributed by atoms with van der Waals surface area (Å²) in [5.74, 6) is 1.22. The molecular weight excluding hydrogens is 250 g/mol. The number of aryl methyl sites for hydroxylation is 1. The van der Waals surface area contributed by atoms with Crippen LogP contribution in [0.2, 0.25) is 0 Å². The molecule has 0 bridgehead atoms. The molecule has 0 spiro atoms. The molecule has 1 atom stereocenters. The molecule has 0 saturated carbocycles. The minimum atomic E-state index is 0.585. The molecule has 0 saturated heterocycles. The van der Waals surface area contributed by atoms with Crippen molar-refractivity contribution in [2.75, 3.05) is 13.1 Å². The molecule has 1 N–H and O–H groups in total. The summed E-state index contributed by atoms with van der Waals surface area (Å²) in [6.07, 6.45) is 4.51. The molecule has 0 aliphatic heterocycles. The van der Waals surface area contributed by atoms with Gasteiger partial charge in [0.05, 0.1) is 5.69 Å². The van der Waals surface area contributed by atoms with Crippen LogP contribution in [0.1, 0.15) is 30.8 Å². The van der Waals surface area contributed by atoms with E-state index in [1.807, 2.05) is 10.7 Å². The highest BCUT2D eigenvalue weighted by Crippen LogP contribution is 2.19. The molecular formula is C15H23N5. The molecule has 0 amide bonds. The first kappa shape index (κ1) is 14.7. The molecule has 0 fully saturated rings. The molecule has 0 aromatic carbocycles. The van der Waals surface area contributed by atoms with E-state index in [1.54, 1.807) is 12.4 Å². The lowest BCUT2D eigenvalue weighted by atomic mass is 9.99. The van der Waals surface area contributed by atoms with E-state index in [9.17, 15) is 0 Å². The minimum absolute atomic E-state index is 0.585. The Morgan fingerprint density at radius 3 is 2.60 bits per heavy atom. The van der Waals surface area contributed by atoms with Crippen LogP contribution in [-0.4, -0.2) is 32.8 Å². The zero-order chi connectivity index (χ0) is 14.5. The molecule has 108 valence electrons. The van der Waals surface area contributed by atoms with Crippen molar-refractivity contribution in [1.82, 2.24) is 25.1 Å². The van der Waals surface area contributed by atoms with Gasteiger partial charge in [0.25, 0.3) is 5.95 Å². The topological polar surface area (TPSA) is 55.6 Å². The standard InChI is InChI=1S/C15H23N5/c1-5-16-10-11(2)9-14-12(3)19-20(13(14)4)15-17-7-6-8-18-15/h6-8,11,16H,5,9-10H2,1-4H3. The zero-order valence-corrected chi connectivity index (χ0v) is 12.7. The fraction of sp³-hybridized carbons (Fsp3) is 0.533. The van der Waals surface area contributed by atoms with Gasteiger partial charge in [0.15, 0.2) is 0 Å². The third-order valence-corrected chi connectivity index (χ3v) is 3.48. The molecule has 2 aromatic rings. The predicted molar refractivity (Wildman–Crippen MR) is 80.0 cm³/mol. The first-order chi connectivity index (χ1) is 9.63. The predicted octanol–water partition coefficient (Wildman–Crippen LogP) is 2.07. The van der Waals surface area contributed by atoms with Crippen LogP contribution >= 0.6 is 0 Å². The van der Waals surface area contributed by atoms with E-state index in [0.29, 0.717) is 11.9 Å². The van der Waals surface area contributed by atoms with Crippen molar-refractivity contribution in [1.29, 1.82) is 0 Å². The van der Waals surface area contributed by atoms with E-state index in [0.717, 1.165) is 30.9 Å². The Morgan fingerprint density at radius 2 is 1.95 bits per heavy atom. The van der Waals surface area contributed by atoms with Crippen molar-refractivity contribution in [3.8, 4) is 5.95 Å². The lowest BCUT2D eigenvalue weighted by Crippen LogP contribution is -2.22. The van der Waals surface area contributed by atoms with E-state index in [1.165, 1.54) is 5.56 Å². The van der Waals surface area contributed by atoms with E-state index in [2.05, 4.69) is 48.1 Å². The number of rotatable bonds is 6. The molecule has 5 heteroatoms. The Kier molecular flexibility index (Phi) is 4.84. The summed E-state index contributed by atoms with van der Waals surface area (Å²) in [6, 6.07) is 1.81. The summed E-state index contributed by atoms with van der Waals surface area (Å²) >= 11 is 0. The maximum atomic E-state index is 4.59. The summed E-state index contributed by atoms with van der Waals surface area (Å²) in [7, 11) is 0. The van der Waals surface area contributed by atoms with Gasteiger partial charge >= 0.3 is 0 Å². The van der Waals surface area contributed by atoms with Gasteiger partial charge in [0, 0.05) is 18.1 Å². The van der Waals surface area contributed by atoms with Crippen LogP contribution < -0.4 is 5.32 Å². The van der Waals surface area contributed by atoms with Crippen molar-refractivity contribution >= 4 is 0 Å². The first-order valence-electron chi connectivity index (χ1n) is 7.16. The average Bonchev–Trinajstić information content (AvgIpc) is 2.74. The second kappa shape index (κ2) is 6.61. The van der Waals surface area contributed by atoms with Gasteiger partial charge in [0.1, 0.15) is 0 Å². The SMILES string of the molecule is CCNCC(C)Cc1c(C)nn(-c2ncccn2)c1C. The number of hydrogen-bond acceptors (Lipinski definition) is 4. The highest BCUT2D eigenvalue weighted by molar-refractivity contribution is 5.29. The Hall–Kier alpha value is -1.75. The summed E-state index contributed by atoms with van der Waals surface area (Å²) < 4.78 is 1.84. The van der Waals surface area contributed by atoms with Gasteiger partial charge in [-0.05, 0) is 50.9 Å². The van der Waals surface area contributed by atoms with Crippen molar-refractivity contribution in [3.63, 3.8) is 0 Å². The number of aromatic nitrogens is 4. The van der Waals surface area contributed by atoms with E-state index in [4.69, 9.17) is 0 Å². The Labute approximate surface area is 120 Å². The van der Waals surface area contributed by atoms with Gasteiger partial charge in [-0.3, -0.25) is 0 Å². The van der Waals surface area contributed by atoms with Crippen LogP contribution in [0, 0.1) is 19.8 Å². The normalized spacial score (nSPS) is 12.6. The van der Waals surface area contributed by atoms with Crippen LogP contribution in [0.5, 0.6) is 0 Å². The smallest absolute Gasteiger partial charge is 0.250 e. The molecule has 5 nitrogen and oxygen atoms in total. The van der Waals surface area contributed by atoms with Crippen LogP contribution in [0.3, 0.4) is 0 Å². The van der Waals surface area contributed by atoms with Crippen molar-refractivity contribution in [3.05, 3.63) is 35.4 Å². The van der Waals surface area contributed by atoms with Crippen LogP contribution in [-0.2, 0) is 6.42 Å². The van der Waals surface area contributed by atoms with Gasteiger partial charge in [-0.2, -0.15) is 5.10 Å². The summed E-state index contributed by atoms with van der Waals surface area (Å²) in [5.41, 5.74) is 3.51. The third-order valence-electron chi connectivity index (χ3n) is 3.48. The summed E-state index contributed by atoms with van der Waals surface area (Å²) in [6.45, 7) is 10.6. The molecule has 20 heavy (non-hydrogen) atoms. The lowest BCUT2D eigenvalue weighted by molar-refractivity contribution is 0.519. The minimum Gasteiger partial charge on any atom is -0.317 e. The monoisotopic (exact) mass is 273 g/mol. The fourth-order valence-corrected chi connectivity index (χ4v) is 2.38. The third kappa shape index (κ3) is 3.22. The van der Waals surface area contributed by atoms with Crippen LogP contribution in [0.4, 0.5) is 0 Å². The molecule has 2 aromatic heterocycles. The van der Waals surface area contributed by atoms with Crippen molar-refractivity contribution < 1.29 is 0 Å². The van der Waals surface area contributed by atoms with Gasteiger partial charge in [-0.15, -0.1) is 0 Å².